The van der Waals surface area contributed by atoms with Gasteiger partial charge in [0.2, 0.25) is 5.43 Å². The van der Waals surface area contributed by atoms with Gasteiger partial charge in [-0.2, -0.15) is 22.7 Å². The van der Waals surface area contributed by atoms with Crippen LogP contribution in [0.4, 0.5) is 22.0 Å². The molecule has 1 aliphatic heterocycles. The first kappa shape index (κ1) is 16.7. The van der Waals surface area contributed by atoms with E-state index in [1.165, 1.54) is 6.92 Å². The number of hydrogen-bond donors (Lipinski definition) is 0. The Morgan fingerprint density at radius 1 is 1.12 bits per heavy atom. The number of ether oxygens (including phenoxy) is 2. The Labute approximate surface area is 138 Å². The summed E-state index contributed by atoms with van der Waals surface area (Å²) in [4.78, 5) is 11.6. The molecule has 0 amide bonds. The summed E-state index contributed by atoms with van der Waals surface area (Å²) in [6.45, 7) is 1.43. The van der Waals surface area contributed by atoms with Crippen LogP contribution in [0.1, 0.15) is 5.56 Å². The van der Waals surface area contributed by atoms with Crippen molar-refractivity contribution in [3.05, 3.63) is 44.5 Å². The van der Waals surface area contributed by atoms with Crippen LogP contribution in [0.15, 0.2) is 27.7 Å². The number of aryl methyl sites for hydroxylation is 1. The van der Waals surface area contributed by atoms with Gasteiger partial charge in [0.15, 0.2) is 21.9 Å². The molecule has 0 unspecified atom stereocenters. The lowest BCUT2D eigenvalue weighted by atomic mass is 10.2. The van der Waals surface area contributed by atoms with Crippen LogP contribution in [0.2, 0.25) is 0 Å². The predicted octanol–water partition coefficient (Wildman–Crippen LogP) is 3.40. The number of halogens is 6. The minimum Gasteiger partial charge on any atom is -0.421 e. The van der Waals surface area contributed by atoms with Crippen molar-refractivity contribution in [3.8, 4) is 17.2 Å². The minimum atomic E-state index is -4.94. The Bertz CT molecular complexity index is 874. The topological polar surface area (TPSA) is 53.4 Å². The van der Waals surface area contributed by atoms with E-state index in [2.05, 4.69) is 30.5 Å². The molecule has 2 aromatic rings. The SMILES string of the molecule is Cc1cn(-c2cc3c(cc2F)OC(F)(F)C(F)(F)O3)nc(Br)c1=O. The van der Waals surface area contributed by atoms with Gasteiger partial charge in [-0.05, 0) is 22.9 Å². The Kier molecular flexibility index (Phi) is 3.59. The third kappa shape index (κ3) is 2.52. The van der Waals surface area contributed by atoms with Crippen LogP contribution < -0.4 is 14.9 Å². The van der Waals surface area contributed by atoms with Gasteiger partial charge in [-0.25, -0.2) is 9.07 Å². The second-order valence-corrected chi connectivity index (χ2v) is 5.62. The van der Waals surface area contributed by atoms with E-state index in [0.29, 0.717) is 6.07 Å². The molecule has 5 nitrogen and oxygen atoms in total. The van der Waals surface area contributed by atoms with Crippen molar-refractivity contribution >= 4 is 15.9 Å². The molecule has 0 saturated heterocycles. The second-order valence-electron chi connectivity index (χ2n) is 4.86. The fourth-order valence-corrected chi connectivity index (χ4v) is 2.44. The second kappa shape index (κ2) is 5.16. The van der Waals surface area contributed by atoms with Gasteiger partial charge in [0.1, 0.15) is 5.69 Å². The van der Waals surface area contributed by atoms with Gasteiger partial charge in [0.05, 0.1) is 0 Å². The van der Waals surface area contributed by atoms with Crippen LogP contribution in [0.25, 0.3) is 5.69 Å². The molecular formula is C13H6BrF5N2O3. The van der Waals surface area contributed by atoms with Crippen molar-refractivity contribution in [2.75, 3.05) is 0 Å². The summed E-state index contributed by atoms with van der Waals surface area (Å²) in [6, 6.07) is 1.19. The zero-order valence-corrected chi connectivity index (χ0v) is 13.2. The Morgan fingerprint density at radius 3 is 2.21 bits per heavy atom. The standard InChI is InChI=1S/C13H6BrF5N2O3/c1-5-4-21(20-11(14)10(5)22)7-3-9-8(2-6(7)15)23-12(16,17)13(18,19)24-9/h2-4H,1H3. The summed E-state index contributed by atoms with van der Waals surface area (Å²) in [5, 5.41) is 3.73. The third-order valence-corrected chi connectivity index (χ3v) is 3.65. The van der Waals surface area contributed by atoms with Crippen LogP contribution >= 0.6 is 15.9 Å². The van der Waals surface area contributed by atoms with Crippen LogP contribution in [0.5, 0.6) is 11.5 Å². The molecule has 24 heavy (non-hydrogen) atoms. The molecule has 0 aliphatic carbocycles. The molecule has 128 valence electrons. The molecular weight excluding hydrogens is 407 g/mol. The van der Waals surface area contributed by atoms with E-state index in [1.807, 2.05) is 0 Å². The number of alkyl halides is 4. The molecule has 1 aromatic carbocycles. The largest absolute Gasteiger partial charge is 0.507 e. The van der Waals surface area contributed by atoms with Gasteiger partial charge in [-0.15, -0.1) is 0 Å². The fourth-order valence-electron chi connectivity index (χ4n) is 1.95. The van der Waals surface area contributed by atoms with Crippen molar-refractivity contribution < 1.29 is 31.4 Å². The maximum atomic E-state index is 14.1. The highest BCUT2D eigenvalue weighted by atomic mass is 79.9. The molecule has 0 spiro atoms. The predicted molar refractivity (Wildman–Crippen MR) is 73.4 cm³/mol. The van der Waals surface area contributed by atoms with E-state index in [9.17, 15) is 26.7 Å². The maximum Gasteiger partial charge on any atom is 0.507 e. The van der Waals surface area contributed by atoms with Gasteiger partial charge >= 0.3 is 12.2 Å². The van der Waals surface area contributed by atoms with Crippen LogP contribution in [-0.2, 0) is 0 Å². The van der Waals surface area contributed by atoms with E-state index < -0.39 is 40.6 Å². The normalized spacial score (nSPS) is 17.6. The summed E-state index contributed by atoms with van der Waals surface area (Å²) >= 11 is 2.88. The monoisotopic (exact) mass is 412 g/mol. The highest BCUT2D eigenvalue weighted by Crippen LogP contribution is 2.47. The van der Waals surface area contributed by atoms with E-state index in [4.69, 9.17) is 0 Å². The molecule has 1 aromatic heterocycles. The highest BCUT2D eigenvalue weighted by Gasteiger charge is 2.66. The number of hydrogen-bond acceptors (Lipinski definition) is 4. The van der Waals surface area contributed by atoms with Crippen molar-refractivity contribution in [3.63, 3.8) is 0 Å². The van der Waals surface area contributed by atoms with Crippen LogP contribution in [-0.4, -0.2) is 22.0 Å². The average Bonchev–Trinajstić information content (AvgIpc) is 2.45. The smallest absolute Gasteiger partial charge is 0.421 e. The molecule has 0 fully saturated rings. The van der Waals surface area contributed by atoms with Crippen molar-refractivity contribution in [1.82, 2.24) is 9.78 Å². The van der Waals surface area contributed by atoms with Crippen LogP contribution in [0.3, 0.4) is 0 Å². The highest BCUT2D eigenvalue weighted by molar-refractivity contribution is 9.10. The molecule has 0 saturated carbocycles. The minimum absolute atomic E-state index is 0.145. The summed E-state index contributed by atoms with van der Waals surface area (Å²) < 4.78 is 75.3. The summed E-state index contributed by atoms with van der Waals surface area (Å²) in [7, 11) is 0. The van der Waals surface area contributed by atoms with Crippen LogP contribution in [0, 0.1) is 12.7 Å². The van der Waals surface area contributed by atoms with E-state index in [1.54, 1.807) is 0 Å². The molecule has 1 aliphatic rings. The number of benzene rings is 1. The van der Waals surface area contributed by atoms with E-state index >= 15 is 0 Å². The lowest BCUT2D eigenvalue weighted by molar-refractivity contribution is -0.391. The first-order valence-electron chi connectivity index (χ1n) is 6.25. The zero-order chi connectivity index (χ0) is 17.9. The van der Waals surface area contributed by atoms with Gasteiger partial charge < -0.3 is 9.47 Å². The lowest BCUT2D eigenvalue weighted by Crippen LogP contribution is -2.52. The number of aromatic nitrogens is 2. The first-order chi connectivity index (χ1) is 11.0. The molecule has 2 heterocycles. The number of rotatable bonds is 1. The quantitative estimate of drug-likeness (QED) is 0.673. The number of nitrogens with zero attached hydrogens (tertiary/aromatic N) is 2. The Hall–Kier alpha value is -2.17. The fraction of sp³-hybridized carbons (Fsp3) is 0.231. The summed E-state index contributed by atoms with van der Waals surface area (Å²) in [5.74, 6) is -2.78. The first-order valence-corrected chi connectivity index (χ1v) is 7.05. The summed E-state index contributed by atoms with van der Waals surface area (Å²) in [6.07, 6.45) is -8.72. The lowest BCUT2D eigenvalue weighted by Gasteiger charge is -2.32. The van der Waals surface area contributed by atoms with Crippen molar-refractivity contribution in [2.24, 2.45) is 0 Å². The zero-order valence-electron chi connectivity index (χ0n) is 11.6. The third-order valence-electron chi connectivity index (χ3n) is 3.13. The van der Waals surface area contributed by atoms with E-state index in [-0.39, 0.29) is 10.2 Å². The average molecular weight is 413 g/mol. The van der Waals surface area contributed by atoms with Crippen molar-refractivity contribution in [1.29, 1.82) is 0 Å². The van der Waals surface area contributed by atoms with E-state index in [0.717, 1.165) is 16.9 Å². The Morgan fingerprint density at radius 2 is 1.67 bits per heavy atom. The van der Waals surface area contributed by atoms with Gasteiger partial charge in [0, 0.05) is 23.9 Å². The molecule has 11 heteroatoms. The molecule has 0 radical (unpaired) electrons. The van der Waals surface area contributed by atoms with Crippen molar-refractivity contribution in [2.45, 2.75) is 19.1 Å². The van der Waals surface area contributed by atoms with Gasteiger partial charge in [-0.1, -0.05) is 0 Å². The molecule has 0 bridgehead atoms. The molecule has 0 atom stereocenters. The molecule has 0 N–H and O–H groups in total. The summed E-state index contributed by atoms with van der Waals surface area (Å²) in [5.41, 5.74) is -0.666. The Balaban J connectivity index is 2.16. The van der Waals surface area contributed by atoms with Gasteiger partial charge in [0.25, 0.3) is 0 Å². The maximum absolute atomic E-state index is 14.1. The number of fused-ring (bicyclic) bond motifs is 1. The van der Waals surface area contributed by atoms with Gasteiger partial charge in [-0.3, -0.25) is 4.79 Å². The molecule has 3 rings (SSSR count).